The van der Waals surface area contributed by atoms with Gasteiger partial charge >= 0.3 is 5.97 Å². The summed E-state index contributed by atoms with van der Waals surface area (Å²) in [6.07, 6.45) is 1.59. The van der Waals surface area contributed by atoms with Crippen molar-refractivity contribution in [3.05, 3.63) is 46.1 Å². The van der Waals surface area contributed by atoms with Crippen LogP contribution >= 0.6 is 15.9 Å². The number of benzene rings is 1. The van der Waals surface area contributed by atoms with E-state index >= 15 is 0 Å². The van der Waals surface area contributed by atoms with Crippen LogP contribution in [0.15, 0.2) is 40.6 Å². The molecule has 86 valence electrons. The maximum Gasteiger partial charge on any atom is 0.329 e. The van der Waals surface area contributed by atoms with Gasteiger partial charge in [0, 0.05) is 17.0 Å². The number of allylic oxidation sites excluding steroid dienone is 1. The van der Waals surface area contributed by atoms with Crippen LogP contribution in [0.1, 0.15) is 12.5 Å². The Kier molecular flexibility index (Phi) is 5.05. The number of ether oxygens (including phenoxy) is 1. The minimum Gasteiger partial charge on any atom is -0.875 e. The van der Waals surface area contributed by atoms with Gasteiger partial charge in [-0.25, -0.2) is 4.79 Å². The van der Waals surface area contributed by atoms with Gasteiger partial charge in [0.25, 0.3) is 0 Å². The van der Waals surface area contributed by atoms with E-state index in [9.17, 15) is 9.90 Å². The van der Waals surface area contributed by atoms with Gasteiger partial charge in [0.2, 0.25) is 0 Å². The fourth-order valence-electron chi connectivity index (χ4n) is 1.13. The van der Waals surface area contributed by atoms with Crippen molar-refractivity contribution in [2.24, 2.45) is 0 Å². The molecule has 0 bridgehead atoms. The lowest BCUT2D eigenvalue weighted by Crippen LogP contribution is -2.08. The van der Waals surface area contributed by atoms with E-state index in [1.54, 1.807) is 0 Å². The van der Waals surface area contributed by atoms with Gasteiger partial charge in [-0.3, -0.25) is 0 Å². The second kappa shape index (κ2) is 6.33. The fraction of sp³-hybridized carbons (Fsp3) is 0.250. The summed E-state index contributed by atoms with van der Waals surface area (Å²) in [5.41, 5.74) is 1.08. The Labute approximate surface area is 103 Å². The fourth-order valence-corrected chi connectivity index (χ4v) is 1.39. The first kappa shape index (κ1) is 12.8. The number of carbonyl (C=O) groups is 1. The van der Waals surface area contributed by atoms with Crippen LogP contribution in [0.3, 0.4) is 0 Å². The van der Waals surface area contributed by atoms with E-state index in [0.717, 1.165) is 16.1 Å². The molecule has 0 saturated heterocycles. The lowest BCUT2D eigenvalue weighted by Gasteiger charge is -2.05. The van der Waals surface area contributed by atoms with Crippen LogP contribution in [-0.2, 0) is 16.0 Å². The molecule has 1 rings (SSSR count). The van der Waals surface area contributed by atoms with Gasteiger partial charge < -0.3 is 9.84 Å². The van der Waals surface area contributed by atoms with Gasteiger partial charge in [-0.05, 0) is 17.7 Å². The van der Waals surface area contributed by atoms with Gasteiger partial charge in [-0.15, -0.1) is 5.76 Å². The van der Waals surface area contributed by atoms with Crippen molar-refractivity contribution < 1.29 is 14.6 Å². The summed E-state index contributed by atoms with van der Waals surface area (Å²) >= 11 is 3.34. The molecule has 1 aromatic carbocycles. The molecule has 0 amide bonds. The van der Waals surface area contributed by atoms with Crippen LogP contribution in [-0.4, -0.2) is 12.6 Å². The van der Waals surface area contributed by atoms with Gasteiger partial charge in [-0.2, -0.15) is 0 Å². The molecule has 0 radical (unpaired) electrons. The molecule has 0 aliphatic rings. The topological polar surface area (TPSA) is 49.4 Å². The zero-order valence-electron chi connectivity index (χ0n) is 8.90. The normalized spacial score (nSPS) is 11.2. The maximum absolute atomic E-state index is 11.0. The number of esters is 1. The molecule has 0 heterocycles. The Morgan fingerprint density at radius 1 is 1.44 bits per heavy atom. The summed E-state index contributed by atoms with van der Waals surface area (Å²) in [5, 5.41) is 10.6. The highest BCUT2D eigenvalue weighted by Gasteiger charge is 1.97. The van der Waals surface area contributed by atoms with Crippen LogP contribution in [0.2, 0.25) is 0 Å². The number of hydrogen-bond donors (Lipinski definition) is 0. The van der Waals surface area contributed by atoms with Crippen LogP contribution in [0.5, 0.6) is 0 Å². The summed E-state index contributed by atoms with van der Waals surface area (Å²) in [7, 11) is 0. The minimum absolute atomic E-state index is 0.282. The third-order valence-electron chi connectivity index (χ3n) is 1.87. The zero-order chi connectivity index (χ0) is 12.0. The van der Waals surface area contributed by atoms with E-state index in [2.05, 4.69) is 15.9 Å². The lowest BCUT2D eigenvalue weighted by molar-refractivity contribution is -0.301. The van der Waals surface area contributed by atoms with Crippen molar-refractivity contribution in [3.8, 4) is 0 Å². The highest BCUT2D eigenvalue weighted by atomic mass is 79.9. The molecule has 3 nitrogen and oxygen atoms in total. The molecule has 0 N–H and O–H groups in total. The predicted octanol–water partition coefficient (Wildman–Crippen LogP) is 1.80. The van der Waals surface area contributed by atoms with Gasteiger partial charge in [0.1, 0.15) is 0 Å². The quantitative estimate of drug-likeness (QED) is 0.481. The second-order valence-electron chi connectivity index (χ2n) is 3.30. The average molecular weight is 284 g/mol. The Morgan fingerprint density at radius 3 is 2.62 bits per heavy atom. The summed E-state index contributed by atoms with van der Waals surface area (Å²) in [4.78, 5) is 11.0. The average Bonchev–Trinajstić information content (AvgIpc) is 2.20. The van der Waals surface area contributed by atoms with Crippen molar-refractivity contribution in [2.75, 3.05) is 6.61 Å². The van der Waals surface area contributed by atoms with Crippen molar-refractivity contribution in [1.82, 2.24) is 0 Å². The standard InChI is InChI=1S/C12H13BrO3/c1-9(14)8-12(15)16-7-6-10-2-4-11(13)5-3-10/h2-5,8,14H,6-7H2,1H3/p-1/b9-8-. The number of halogens is 1. The summed E-state index contributed by atoms with van der Waals surface area (Å²) in [5.74, 6) is -0.877. The molecule has 4 heteroatoms. The van der Waals surface area contributed by atoms with Gasteiger partial charge in [0.05, 0.1) is 6.61 Å². The van der Waals surface area contributed by atoms with Crippen molar-refractivity contribution in [1.29, 1.82) is 0 Å². The predicted molar refractivity (Wildman–Crippen MR) is 62.6 cm³/mol. The molecular formula is C12H12BrO3-. The van der Waals surface area contributed by atoms with E-state index in [-0.39, 0.29) is 12.4 Å². The van der Waals surface area contributed by atoms with Crippen LogP contribution in [0, 0.1) is 0 Å². The minimum atomic E-state index is -0.579. The van der Waals surface area contributed by atoms with Gasteiger partial charge in [-0.1, -0.05) is 35.0 Å². The molecular weight excluding hydrogens is 272 g/mol. The molecule has 0 fully saturated rings. The summed E-state index contributed by atoms with van der Waals surface area (Å²) in [6.45, 7) is 1.60. The maximum atomic E-state index is 11.0. The zero-order valence-corrected chi connectivity index (χ0v) is 10.5. The third-order valence-corrected chi connectivity index (χ3v) is 2.40. The Bertz CT molecular complexity index is 378. The Morgan fingerprint density at radius 2 is 2.06 bits per heavy atom. The van der Waals surface area contributed by atoms with Crippen LogP contribution in [0.4, 0.5) is 0 Å². The SMILES string of the molecule is C/C([O-])=C/C(=O)OCCc1ccc(Br)cc1. The second-order valence-corrected chi connectivity index (χ2v) is 4.21. The molecule has 0 saturated carbocycles. The molecule has 0 aliphatic heterocycles. The smallest absolute Gasteiger partial charge is 0.329 e. The summed E-state index contributed by atoms with van der Waals surface area (Å²) < 4.78 is 5.87. The molecule has 0 atom stereocenters. The van der Waals surface area contributed by atoms with Crippen molar-refractivity contribution >= 4 is 21.9 Å². The number of hydrogen-bond acceptors (Lipinski definition) is 3. The molecule has 0 unspecified atom stereocenters. The molecule has 0 aliphatic carbocycles. The highest BCUT2D eigenvalue weighted by molar-refractivity contribution is 9.10. The molecule has 0 spiro atoms. The lowest BCUT2D eigenvalue weighted by atomic mass is 10.2. The Hall–Kier alpha value is -1.29. The molecule has 16 heavy (non-hydrogen) atoms. The van der Waals surface area contributed by atoms with E-state index < -0.39 is 5.97 Å². The van der Waals surface area contributed by atoms with E-state index in [4.69, 9.17) is 4.74 Å². The third kappa shape index (κ3) is 4.98. The number of rotatable bonds is 4. The van der Waals surface area contributed by atoms with E-state index in [1.165, 1.54) is 6.92 Å². The molecule has 0 aromatic heterocycles. The van der Waals surface area contributed by atoms with Crippen LogP contribution < -0.4 is 5.11 Å². The molecule has 1 aromatic rings. The Balaban J connectivity index is 2.33. The van der Waals surface area contributed by atoms with Gasteiger partial charge in [0.15, 0.2) is 0 Å². The number of carbonyl (C=O) groups excluding carboxylic acids is 1. The highest BCUT2D eigenvalue weighted by Crippen LogP contribution is 2.10. The monoisotopic (exact) mass is 283 g/mol. The van der Waals surface area contributed by atoms with E-state index in [0.29, 0.717) is 6.42 Å². The van der Waals surface area contributed by atoms with E-state index in [1.807, 2.05) is 24.3 Å². The largest absolute Gasteiger partial charge is 0.875 e. The van der Waals surface area contributed by atoms with Crippen molar-refractivity contribution in [2.45, 2.75) is 13.3 Å². The van der Waals surface area contributed by atoms with Crippen molar-refractivity contribution in [3.63, 3.8) is 0 Å². The first-order valence-corrected chi connectivity index (χ1v) is 5.64. The first-order valence-electron chi connectivity index (χ1n) is 4.84. The first-order chi connectivity index (χ1) is 7.58. The van der Waals surface area contributed by atoms with Crippen LogP contribution in [0.25, 0.3) is 0 Å². The summed E-state index contributed by atoms with van der Waals surface area (Å²) in [6, 6.07) is 7.76.